The Morgan fingerprint density at radius 2 is 1.26 bits per heavy atom. The van der Waals surface area contributed by atoms with Gasteiger partial charge < -0.3 is 20.9 Å². The fourth-order valence-corrected chi connectivity index (χ4v) is 3.99. The number of carbonyl (C=O) groups excluding carboxylic acids is 2. The zero-order valence-electron chi connectivity index (χ0n) is 23.2. The van der Waals surface area contributed by atoms with E-state index in [2.05, 4.69) is 25.9 Å². The fourth-order valence-electron chi connectivity index (χ4n) is 3.17. The van der Waals surface area contributed by atoms with Crippen molar-refractivity contribution in [2.24, 2.45) is 0 Å². The Bertz CT molecular complexity index is 1600. The molecule has 0 saturated heterocycles. The van der Waals surface area contributed by atoms with Gasteiger partial charge in [0.1, 0.15) is 45.1 Å². The largest absolute Gasteiger partial charge is 0.496 e. The quantitative estimate of drug-likeness (QED) is 0.136. The first-order valence-corrected chi connectivity index (χ1v) is 13.4. The zero-order valence-corrected chi connectivity index (χ0v) is 26.3. The van der Waals surface area contributed by atoms with Crippen LogP contribution in [-0.2, 0) is 4.84 Å². The summed E-state index contributed by atoms with van der Waals surface area (Å²) in [7, 11) is 5.80. The molecule has 4 N–H and O–H groups in total. The maximum absolute atomic E-state index is 13.2. The molecule has 0 unspecified atom stereocenters. The molecule has 2 aromatic heterocycles. The highest BCUT2D eigenvalue weighted by Gasteiger charge is 2.19. The molecule has 1 amide bonds. The van der Waals surface area contributed by atoms with Crippen molar-refractivity contribution in [1.82, 2.24) is 15.0 Å². The summed E-state index contributed by atoms with van der Waals surface area (Å²) in [5.41, 5.74) is 11.6. The molecule has 2 aromatic carbocycles. The Morgan fingerprint density at radius 3 is 1.72 bits per heavy atom. The van der Waals surface area contributed by atoms with Crippen molar-refractivity contribution in [3.8, 4) is 11.5 Å². The summed E-state index contributed by atoms with van der Waals surface area (Å²) in [6, 6.07) is 13.8. The van der Waals surface area contributed by atoms with E-state index in [9.17, 15) is 18.4 Å². The van der Waals surface area contributed by atoms with Gasteiger partial charge in [-0.1, -0.05) is 23.2 Å². The summed E-state index contributed by atoms with van der Waals surface area (Å²) in [5.74, 6) is -0.665. The van der Waals surface area contributed by atoms with Crippen LogP contribution in [0.1, 0.15) is 26.3 Å². The number of aromatic nitrogens is 2. The van der Waals surface area contributed by atoms with Crippen LogP contribution in [0.15, 0.2) is 65.1 Å². The lowest BCUT2D eigenvalue weighted by Crippen LogP contribution is -2.26. The number of carbonyl (C=O) groups is 2. The summed E-state index contributed by atoms with van der Waals surface area (Å²) in [6.07, 6.45) is 0. The molecule has 0 fully saturated rings. The molecule has 0 bridgehead atoms. The van der Waals surface area contributed by atoms with E-state index in [0.717, 1.165) is 11.1 Å². The van der Waals surface area contributed by atoms with Crippen LogP contribution in [0.5, 0.6) is 11.5 Å². The number of methoxy groups -OCH3 is 2. The second-order valence-corrected chi connectivity index (χ2v) is 9.70. The Hall–Kier alpha value is -4.04. The van der Waals surface area contributed by atoms with E-state index in [0.29, 0.717) is 10.2 Å². The van der Waals surface area contributed by atoms with Crippen molar-refractivity contribution in [1.29, 1.82) is 0 Å². The van der Waals surface area contributed by atoms with Crippen LogP contribution in [-0.4, -0.2) is 55.1 Å². The highest BCUT2D eigenvalue weighted by molar-refractivity contribution is 9.10. The molecule has 0 radical (unpaired) electrons. The van der Waals surface area contributed by atoms with Gasteiger partial charge in [0.2, 0.25) is 5.78 Å². The molecule has 15 heteroatoms. The standard InChI is InChI=1S/C13H10ClFN2O2.C8H10ClN3O2.C7H6BrFO/c1-19-10-4-2-7(15)6-9(10)12(18)8-3-5-11(14)17-13(8)16;1-12(14-2)8(13)5-3-4-6(9)11-7(5)10;1-10-7-3-2-5(9)4-6(7)8/h2-6H,1H3,(H2,16,17);3-4H,1-2H3,(H2,10,11);2-4H,1H3. The lowest BCUT2D eigenvalue weighted by Gasteiger charge is -2.14. The number of nitrogens with zero attached hydrogens (tertiary/aromatic N) is 3. The molecule has 0 aliphatic carbocycles. The van der Waals surface area contributed by atoms with Gasteiger partial charge in [0, 0.05) is 7.05 Å². The molecule has 0 saturated carbocycles. The van der Waals surface area contributed by atoms with Gasteiger partial charge in [-0.2, -0.15) is 0 Å². The summed E-state index contributed by atoms with van der Waals surface area (Å²) in [6.45, 7) is 0. The lowest BCUT2D eigenvalue weighted by molar-refractivity contribution is -0.0756. The predicted octanol–water partition coefficient (Wildman–Crippen LogP) is 6.24. The van der Waals surface area contributed by atoms with E-state index in [1.807, 2.05) is 0 Å². The number of pyridine rings is 2. The number of benzene rings is 2. The third kappa shape index (κ3) is 10.0. The summed E-state index contributed by atoms with van der Waals surface area (Å²) in [5, 5.41) is 1.49. The zero-order chi connectivity index (χ0) is 32.3. The van der Waals surface area contributed by atoms with E-state index in [4.69, 9.17) is 49.0 Å². The van der Waals surface area contributed by atoms with Gasteiger partial charge in [-0.3, -0.25) is 14.4 Å². The number of amides is 1. The van der Waals surface area contributed by atoms with Crippen molar-refractivity contribution in [3.05, 3.63) is 104 Å². The summed E-state index contributed by atoms with van der Waals surface area (Å²) < 4.78 is 36.2. The molecular formula is C28H26BrCl2F2N5O5. The average Bonchev–Trinajstić information content (AvgIpc) is 2.97. The number of ketones is 1. The first kappa shape index (κ1) is 35.2. The number of ether oxygens (including phenoxy) is 2. The van der Waals surface area contributed by atoms with Crippen LogP contribution in [0.4, 0.5) is 20.4 Å². The van der Waals surface area contributed by atoms with Gasteiger partial charge >= 0.3 is 0 Å². The van der Waals surface area contributed by atoms with E-state index >= 15 is 0 Å². The first-order chi connectivity index (χ1) is 20.3. The topological polar surface area (TPSA) is 143 Å². The van der Waals surface area contributed by atoms with E-state index in [1.54, 1.807) is 6.07 Å². The van der Waals surface area contributed by atoms with Gasteiger partial charge in [-0.15, -0.1) is 0 Å². The third-order valence-electron chi connectivity index (χ3n) is 5.34. The number of hydrogen-bond acceptors (Lipinski definition) is 9. The molecule has 0 atom stereocenters. The molecule has 10 nitrogen and oxygen atoms in total. The smallest absolute Gasteiger partial charge is 0.280 e. The van der Waals surface area contributed by atoms with Crippen LogP contribution in [0.3, 0.4) is 0 Å². The van der Waals surface area contributed by atoms with Crippen molar-refractivity contribution in [2.75, 3.05) is 39.8 Å². The van der Waals surface area contributed by atoms with Gasteiger partial charge in [-0.05, 0) is 76.6 Å². The Labute approximate surface area is 264 Å². The van der Waals surface area contributed by atoms with Gasteiger partial charge in [0.05, 0.1) is 42.5 Å². The maximum Gasteiger partial charge on any atom is 0.280 e. The second kappa shape index (κ2) is 16.6. The lowest BCUT2D eigenvalue weighted by atomic mass is 10.0. The Balaban J connectivity index is 0.000000237. The minimum Gasteiger partial charge on any atom is -0.496 e. The van der Waals surface area contributed by atoms with Crippen LogP contribution in [0, 0.1) is 11.6 Å². The highest BCUT2D eigenvalue weighted by Crippen LogP contribution is 2.26. The Kier molecular flexibility index (Phi) is 13.5. The molecule has 0 spiro atoms. The maximum atomic E-state index is 13.2. The Morgan fingerprint density at radius 1 is 0.767 bits per heavy atom. The van der Waals surface area contributed by atoms with Crippen molar-refractivity contribution in [2.45, 2.75) is 0 Å². The fraction of sp³-hybridized carbons (Fsp3) is 0.143. The number of anilines is 2. The molecule has 43 heavy (non-hydrogen) atoms. The first-order valence-electron chi connectivity index (χ1n) is 11.9. The van der Waals surface area contributed by atoms with Crippen molar-refractivity contribution < 1.29 is 32.7 Å². The molecule has 4 aromatic rings. The molecule has 0 aliphatic rings. The molecule has 4 rings (SSSR count). The minimum absolute atomic E-state index is 0.0104. The summed E-state index contributed by atoms with van der Waals surface area (Å²) in [4.78, 5) is 36.1. The van der Waals surface area contributed by atoms with E-state index in [1.165, 1.54) is 76.9 Å². The van der Waals surface area contributed by atoms with Gasteiger partial charge in [0.25, 0.3) is 5.91 Å². The molecule has 0 aliphatic heterocycles. The number of rotatable bonds is 6. The number of halogens is 5. The number of hydroxylamine groups is 2. The second-order valence-electron chi connectivity index (χ2n) is 8.07. The molecule has 2 heterocycles. The minimum atomic E-state index is -0.537. The summed E-state index contributed by atoms with van der Waals surface area (Å²) >= 11 is 14.4. The van der Waals surface area contributed by atoms with Gasteiger partial charge in [-0.25, -0.2) is 23.8 Å². The average molecular weight is 701 g/mol. The number of hydrogen-bond donors (Lipinski definition) is 2. The normalized spacial score (nSPS) is 9.98. The molecule has 228 valence electrons. The van der Waals surface area contributed by atoms with E-state index in [-0.39, 0.29) is 56.1 Å². The third-order valence-corrected chi connectivity index (χ3v) is 6.38. The van der Waals surface area contributed by atoms with Crippen LogP contribution in [0.2, 0.25) is 10.3 Å². The SMILES string of the molecule is CON(C)C(=O)c1ccc(Cl)nc1N.COc1ccc(F)cc1Br.COc1ccc(F)cc1C(=O)c1ccc(Cl)nc1N. The van der Waals surface area contributed by atoms with E-state index < -0.39 is 11.6 Å². The van der Waals surface area contributed by atoms with Crippen LogP contribution < -0.4 is 20.9 Å². The predicted molar refractivity (Wildman–Crippen MR) is 163 cm³/mol. The van der Waals surface area contributed by atoms with Crippen molar-refractivity contribution in [3.63, 3.8) is 0 Å². The molecular weight excluding hydrogens is 675 g/mol. The number of nitrogen functional groups attached to an aromatic ring is 2. The van der Waals surface area contributed by atoms with Crippen molar-refractivity contribution >= 4 is 62.5 Å². The van der Waals surface area contributed by atoms with Gasteiger partial charge in [0.15, 0.2) is 0 Å². The highest BCUT2D eigenvalue weighted by atomic mass is 79.9. The van der Waals surface area contributed by atoms with Crippen LogP contribution in [0.25, 0.3) is 0 Å². The van der Waals surface area contributed by atoms with Crippen LogP contribution >= 0.6 is 39.1 Å². The monoisotopic (exact) mass is 699 g/mol. The number of nitrogens with two attached hydrogens (primary N) is 2.